The molecular formula is C21H29FN4O2. The van der Waals surface area contributed by atoms with Crippen molar-refractivity contribution in [2.75, 3.05) is 13.2 Å². The molecule has 3 rings (SSSR count). The number of aryl methyl sites for hydroxylation is 1. The summed E-state index contributed by atoms with van der Waals surface area (Å²) in [6.45, 7) is 4.98. The van der Waals surface area contributed by atoms with Gasteiger partial charge in [0.05, 0.1) is 0 Å². The number of halogens is 1. The zero-order valence-corrected chi connectivity index (χ0v) is 16.8. The summed E-state index contributed by atoms with van der Waals surface area (Å²) < 4.78 is 15.6. The maximum absolute atomic E-state index is 13.8. The van der Waals surface area contributed by atoms with E-state index in [4.69, 9.17) is 0 Å². The number of carbonyl (C=O) groups is 1. The number of aromatic nitrogens is 2. The third-order valence-electron chi connectivity index (χ3n) is 5.36. The molecule has 0 spiro atoms. The third kappa shape index (κ3) is 4.59. The monoisotopic (exact) mass is 388 g/mol. The number of aliphatic hydroxyl groups excluding tert-OH is 1. The van der Waals surface area contributed by atoms with Crippen LogP contribution in [0.2, 0.25) is 0 Å². The van der Waals surface area contributed by atoms with Crippen molar-refractivity contribution in [2.45, 2.75) is 45.7 Å². The Hall–Kier alpha value is -2.25. The Morgan fingerprint density at radius 3 is 2.86 bits per heavy atom. The summed E-state index contributed by atoms with van der Waals surface area (Å²) in [6, 6.07) is 6.65. The predicted molar refractivity (Wildman–Crippen MR) is 105 cm³/mol. The largest absolute Gasteiger partial charge is 0.396 e. The second kappa shape index (κ2) is 8.41. The van der Waals surface area contributed by atoms with E-state index in [-0.39, 0.29) is 36.3 Å². The minimum absolute atomic E-state index is 0.120. The molecule has 7 heteroatoms. The number of hydrogen-bond acceptors (Lipinski definition) is 4. The highest BCUT2D eigenvalue weighted by Crippen LogP contribution is 2.25. The minimum Gasteiger partial charge on any atom is -0.396 e. The molecule has 2 aromatic rings. The number of amides is 1. The average Bonchev–Trinajstić information content (AvgIpc) is 3.02. The number of nitrogens with one attached hydrogen (secondary N) is 2. The Kier molecular flexibility index (Phi) is 6.15. The van der Waals surface area contributed by atoms with E-state index in [1.54, 1.807) is 22.9 Å². The number of fused-ring (bicyclic) bond motifs is 1. The smallest absolute Gasteiger partial charge is 0.272 e. The zero-order valence-electron chi connectivity index (χ0n) is 16.8. The van der Waals surface area contributed by atoms with Crippen LogP contribution in [-0.4, -0.2) is 40.0 Å². The van der Waals surface area contributed by atoms with Gasteiger partial charge in [-0.05, 0) is 25.3 Å². The second-order valence-corrected chi connectivity index (χ2v) is 8.31. The van der Waals surface area contributed by atoms with Gasteiger partial charge in [-0.1, -0.05) is 32.0 Å². The molecule has 1 aliphatic carbocycles. The summed E-state index contributed by atoms with van der Waals surface area (Å²) >= 11 is 0. The van der Waals surface area contributed by atoms with Gasteiger partial charge in [-0.25, -0.2) is 4.39 Å². The van der Waals surface area contributed by atoms with E-state index in [9.17, 15) is 14.3 Å². The highest BCUT2D eigenvalue weighted by atomic mass is 19.1. The minimum atomic E-state index is -0.332. The SMILES string of the molecule is Cn1nc(C(=O)NCc2ccccc2F)c2c1CCC(NCC(C)(C)CO)C2. The molecule has 0 saturated heterocycles. The molecule has 152 valence electrons. The summed E-state index contributed by atoms with van der Waals surface area (Å²) in [5.74, 6) is -0.613. The van der Waals surface area contributed by atoms with Gasteiger partial charge in [0.1, 0.15) is 5.82 Å². The van der Waals surface area contributed by atoms with Crippen LogP contribution in [0, 0.1) is 11.2 Å². The van der Waals surface area contributed by atoms with E-state index in [0.717, 1.165) is 24.1 Å². The molecule has 3 N–H and O–H groups in total. The first kappa shape index (κ1) is 20.5. The van der Waals surface area contributed by atoms with Gasteiger partial charge < -0.3 is 15.7 Å². The van der Waals surface area contributed by atoms with E-state index in [1.807, 2.05) is 20.9 Å². The maximum atomic E-state index is 13.8. The molecule has 0 saturated carbocycles. The van der Waals surface area contributed by atoms with Gasteiger partial charge in [0, 0.05) is 55.0 Å². The summed E-state index contributed by atoms with van der Waals surface area (Å²) in [7, 11) is 1.86. The van der Waals surface area contributed by atoms with Crippen LogP contribution in [-0.2, 0) is 26.4 Å². The summed E-state index contributed by atoms with van der Waals surface area (Å²) in [4.78, 5) is 12.7. The van der Waals surface area contributed by atoms with Crippen molar-refractivity contribution in [3.63, 3.8) is 0 Å². The number of benzene rings is 1. The molecule has 1 aromatic carbocycles. The molecule has 1 atom stereocenters. The number of carbonyl (C=O) groups excluding carboxylic acids is 1. The fourth-order valence-electron chi connectivity index (χ4n) is 3.52. The Morgan fingerprint density at radius 2 is 2.14 bits per heavy atom. The molecular weight excluding hydrogens is 359 g/mol. The first-order chi connectivity index (χ1) is 13.3. The second-order valence-electron chi connectivity index (χ2n) is 8.31. The molecule has 6 nitrogen and oxygen atoms in total. The maximum Gasteiger partial charge on any atom is 0.272 e. The first-order valence-corrected chi connectivity index (χ1v) is 9.71. The van der Waals surface area contributed by atoms with Gasteiger partial charge >= 0.3 is 0 Å². The third-order valence-corrected chi connectivity index (χ3v) is 5.36. The summed E-state index contributed by atoms with van der Waals surface area (Å²) in [6.07, 6.45) is 2.52. The topological polar surface area (TPSA) is 79.2 Å². The van der Waals surface area contributed by atoms with E-state index in [1.165, 1.54) is 6.07 Å². The van der Waals surface area contributed by atoms with E-state index < -0.39 is 0 Å². The van der Waals surface area contributed by atoms with Crippen LogP contribution in [0.5, 0.6) is 0 Å². The molecule has 1 aliphatic rings. The van der Waals surface area contributed by atoms with Crippen molar-refractivity contribution in [3.8, 4) is 0 Å². The molecule has 0 bridgehead atoms. The number of hydrogen-bond donors (Lipinski definition) is 3. The Balaban J connectivity index is 1.69. The van der Waals surface area contributed by atoms with Gasteiger partial charge in [0.2, 0.25) is 0 Å². The highest BCUT2D eigenvalue weighted by Gasteiger charge is 2.29. The summed E-state index contributed by atoms with van der Waals surface area (Å²) in [5.41, 5.74) is 2.72. The van der Waals surface area contributed by atoms with Crippen molar-refractivity contribution in [1.82, 2.24) is 20.4 Å². The Morgan fingerprint density at radius 1 is 1.39 bits per heavy atom. The van der Waals surface area contributed by atoms with Crippen molar-refractivity contribution in [1.29, 1.82) is 0 Å². The Bertz CT molecular complexity index is 847. The van der Waals surface area contributed by atoms with E-state index in [2.05, 4.69) is 15.7 Å². The van der Waals surface area contributed by atoms with Crippen LogP contribution in [0.3, 0.4) is 0 Å². The quantitative estimate of drug-likeness (QED) is 0.677. The molecule has 1 heterocycles. The number of nitrogens with zero attached hydrogens (tertiary/aromatic N) is 2. The van der Waals surface area contributed by atoms with Crippen LogP contribution < -0.4 is 10.6 Å². The lowest BCUT2D eigenvalue weighted by molar-refractivity contribution is 0.0943. The number of aliphatic hydroxyl groups is 1. The predicted octanol–water partition coefficient (Wildman–Crippen LogP) is 1.95. The van der Waals surface area contributed by atoms with Crippen LogP contribution in [0.4, 0.5) is 4.39 Å². The molecule has 0 aliphatic heterocycles. The molecule has 1 amide bonds. The fraction of sp³-hybridized carbons (Fsp3) is 0.524. The van der Waals surface area contributed by atoms with E-state index in [0.29, 0.717) is 24.2 Å². The Labute approximate surface area is 165 Å². The fourth-order valence-corrected chi connectivity index (χ4v) is 3.52. The highest BCUT2D eigenvalue weighted by molar-refractivity contribution is 5.94. The standard InChI is InChI=1S/C21H29FN4O2/c1-21(2,13-27)12-24-15-8-9-18-16(10-15)19(25-26(18)3)20(28)23-11-14-6-4-5-7-17(14)22/h4-7,15,24,27H,8-13H2,1-3H3,(H,23,28). The number of rotatable bonds is 7. The van der Waals surface area contributed by atoms with Crippen molar-refractivity contribution < 1.29 is 14.3 Å². The van der Waals surface area contributed by atoms with E-state index >= 15 is 0 Å². The lowest BCUT2D eigenvalue weighted by Crippen LogP contribution is -2.41. The van der Waals surface area contributed by atoms with Crippen LogP contribution in [0.1, 0.15) is 47.6 Å². The van der Waals surface area contributed by atoms with Crippen LogP contribution >= 0.6 is 0 Å². The van der Waals surface area contributed by atoms with Crippen molar-refractivity contribution >= 4 is 5.91 Å². The lowest BCUT2D eigenvalue weighted by atomic mass is 9.89. The molecule has 0 fully saturated rings. The summed E-state index contributed by atoms with van der Waals surface area (Å²) in [5, 5.41) is 20.2. The zero-order chi connectivity index (χ0) is 20.3. The van der Waals surface area contributed by atoms with Crippen LogP contribution in [0.15, 0.2) is 24.3 Å². The van der Waals surface area contributed by atoms with Gasteiger partial charge in [-0.3, -0.25) is 9.48 Å². The van der Waals surface area contributed by atoms with Gasteiger partial charge in [-0.15, -0.1) is 0 Å². The molecule has 1 aromatic heterocycles. The molecule has 1 unspecified atom stereocenters. The van der Waals surface area contributed by atoms with Gasteiger partial charge in [0.25, 0.3) is 5.91 Å². The van der Waals surface area contributed by atoms with Crippen molar-refractivity contribution in [3.05, 3.63) is 52.6 Å². The van der Waals surface area contributed by atoms with Gasteiger partial charge in [-0.2, -0.15) is 5.10 Å². The molecule has 28 heavy (non-hydrogen) atoms. The van der Waals surface area contributed by atoms with Crippen molar-refractivity contribution in [2.24, 2.45) is 12.5 Å². The normalized spacial score (nSPS) is 16.7. The van der Waals surface area contributed by atoms with Gasteiger partial charge in [0.15, 0.2) is 5.69 Å². The first-order valence-electron chi connectivity index (χ1n) is 9.71. The molecule has 0 radical (unpaired) electrons. The average molecular weight is 388 g/mol. The van der Waals surface area contributed by atoms with Crippen LogP contribution in [0.25, 0.3) is 0 Å². The lowest BCUT2D eigenvalue weighted by Gasteiger charge is -2.29.